The second kappa shape index (κ2) is 9.01. The highest BCUT2D eigenvalue weighted by Gasteiger charge is 2.23. The third-order valence-electron chi connectivity index (χ3n) is 5.33. The van der Waals surface area contributed by atoms with E-state index in [1.807, 2.05) is 23.7 Å². The van der Waals surface area contributed by atoms with E-state index in [1.54, 1.807) is 12.1 Å². The van der Waals surface area contributed by atoms with Gasteiger partial charge in [0, 0.05) is 42.9 Å². The van der Waals surface area contributed by atoms with E-state index in [1.165, 1.54) is 7.11 Å². The van der Waals surface area contributed by atoms with Gasteiger partial charge in [0.1, 0.15) is 5.82 Å². The van der Waals surface area contributed by atoms with Crippen molar-refractivity contribution in [3.8, 4) is 11.4 Å². The molecule has 7 nitrogen and oxygen atoms in total. The van der Waals surface area contributed by atoms with Crippen molar-refractivity contribution in [2.45, 2.75) is 44.1 Å². The van der Waals surface area contributed by atoms with E-state index in [0.29, 0.717) is 17.5 Å². The number of esters is 1. The first-order chi connectivity index (χ1) is 13.5. The van der Waals surface area contributed by atoms with Gasteiger partial charge in [-0.25, -0.2) is 4.98 Å². The Morgan fingerprint density at radius 1 is 1.21 bits per heavy atom. The van der Waals surface area contributed by atoms with Crippen molar-refractivity contribution in [1.29, 1.82) is 0 Å². The third kappa shape index (κ3) is 4.78. The number of ether oxygens (including phenoxy) is 1. The van der Waals surface area contributed by atoms with Gasteiger partial charge in [-0.15, -0.1) is 0 Å². The lowest BCUT2D eigenvalue weighted by Crippen LogP contribution is -2.26. The van der Waals surface area contributed by atoms with Crippen molar-refractivity contribution in [2.24, 2.45) is 12.8 Å². The van der Waals surface area contributed by atoms with Crippen LogP contribution in [0.1, 0.15) is 54.1 Å². The number of carbonyl (C=O) groups excluding carboxylic acids is 2. The maximum atomic E-state index is 12.2. The van der Waals surface area contributed by atoms with E-state index < -0.39 is 0 Å². The van der Waals surface area contributed by atoms with Crippen LogP contribution in [0, 0.1) is 0 Å². The second-order valence-electron chi connectivity index (χ2n) is 7.37. The van der Waals surface area contributed by atoms with Crippen LogP contribution in [-0.2, 0) is 16.6 Å². The van der Waals surface area contributed by atoms with Gasteiger partial charge in [0.15, 0.2) is 0 Å². The molecule has 0 atom stereocenters. The quantitative estimate of drug-likeness (QED) is 0.745. The molecule has 0 unspecified atom stereocenters. The fourth-order valence-electron chi connectivity index (χ4n) is 3.62. The SMILES string of the molecule is COC(=O)CCNC(=O)c1ccc(-c2nc(C3CCC(N)CC3)cn2C)cc1. The highest BCUT2D eigenvalue weighted by atomic mass is 16.5. The van der Waals surface area contributed by atoms with Gasteiger partial charge in [0.2, 0.25) is 0 Å². The van der Waals surface area contributed by atoms with Gasteiger partial charge in [-0.05, 0) is 37.8 Å². The van der Waals surface area contributed by atoms with E-state index in [9.17, 15) is 9.59 Å². The molecule has 1 aliphatic carbocycles. The normalized spacial score (nSPS) is 19.2. The van der Waals surface area contributed by atoms with Gasteiger partial charge < -0.3 is 20.4 Å². The first-order valence-corrected chi connectivity index (χ1v) is 9.72. The summed E-state index contributed by atoms with van der Waals surface area (Å²) in [5.41, 5.74) is 8.64. The summed E-state index contributed by atoms with van der Waals surface area (Å²) in [6.45, 7) is 0.251. The standard InChI is InChI=1S/C21H28N4O3/c1-25-13-18(14-7-9-17(22)10-8-14)24-20(25)15-3-5-16(6-4-15)21(27)23-12-11-19(26)28-2/h3-6,13-14,17H,7-12,22H2,1-2H3,(H,23,27). The predicted octanol–water partition coefficient (Wildman–Crippen LogP) is 2.36. The minimum Gasteiger partial charge on any atom is -0.469 e. The Hall–Kier alpha value is -2.67. The van der Waals surface area contributed by atoms with E-state index in [2.05, 4.69) is 16.3 Å². The molecule has 3 rings (SSSR count). The fraction of sp³-hybridized carbons (Fsp3) is 0.476. The lowest BCUT2D eigenvalue weighted by molar-refractivity contribution is -0.140. The van der Waals surface area contributed by atoms with E-state index >= 15 is 0 Å². The fourth-order valence-corrected chi connectivity index (χ4v) is 3.62. The molecule has 1 heterocycles. The topological polar surface area (TPSA) is 99.2 Å². The van der Waals surface area contributed by atoms with Crippen LogP contribution in [-0.4, -0.2) is 41.1 Å². The summed E-state index contributed by atoms with van der Waals surface area (Å²) in [7, 11) is 3.32. The smallest absolute Gasteiger partial charge is 0.307 e. The molecule has 3 N–H and O–H groups in total. The van der Waals surface area contributed by atoms with Gasteiger partial charge in [-0.3, -0.25) is 9.59 Å². The van der Waals surface area contributed by atoms with E-state index in [4.69, 9.17) is 10.7 Å². The third-order valence-corrected chi connectivity index (χ3v) is 5.33. The molecule has 2 aromatic rings. The monoisotopic (exact) mass is 384 g/mol. The Balaban J connectivity index is 1.65. The minimum absolute atomic E-state index is 0.155. The molecule has 1 saturated carbocycles. The average Bonchev–Trinajstić information content (AvgIpc) is 3.10. The zero-order chi connectivity index (χ0) is 20.1. The Labute approximate surface area is 165 Å². The minimum atomic E-state index is -0.346. The number of methoxy groups -OCH3 is 1. The molecule has 150 valence electrons. The molecular weight excluding hydrogens is 356 g/mol. The number of carbonyl (C=O) groups is 2. The number of aromatic nitrogens is 2. The van der Waals surface area contributed by atoms with Crippen LogP contribution in [0.25, 0.3) is 11.4 Å². The number of nitrogens with one attached hydrogen (secondary N) is 1. The Morgan fingerprint density at radius 2 is 1.89 bits per heavy atom. The number of hydrogen-bond donors (Lipinski definition) is 2. The zero-order valence-electron chi connectivity index (χ0n) is 16.5. The van der Waals surface area contributed by atoms with Crippen molar-refractivity contribution >= 4 is 11.9 Å². The molecule has 1 fully saturated rings. The van der Waals surface area contributed by atoms with E-state index in [-0.39, 0.29) is 24.8 Å². The number of hydrogen-bond acceptors (Lipinski definition) is 5. The molecule has 28 heavy (non-hydrogen) atoms. The van der Waals surface area contributed by atoms with E-state index in [0.717, 1.165) is 42.8 Å². The average molecular weight is 384 g/mol. The van der Waals surface area contributed by atoms with Crippen LogP contribution < -0.4 is 11.1 Å². The number of aryl methyl sites for hydroxylation is 1. The summed E-state index contributed by atoms with van der Waals surface area (Å²) in [6, 6.07) is 7.68. The van der Waals surface area contributed by atoms with Gasteiger partial charge in [-0.1, -0.05) is 12.1 Å². The van der Waals surface area contributed by atoms with Crippen molar-refractivity contribution in [1.82, 2.24) is 14.9 Å². The summed E-state index contributed by atoms with van der Waals surface area (Å²) in [5, 5.41) is 2.71. The largest absolute Gasteiger partial charge is 0.469 e. The summed E-state index contributed by atoms with van der Waals surface area (Å²) >= 11 is 0. The molecule has 1 aliphatic rings. The first-order valence-electron chi connectivity index (χ1n) is 9.72. The number of nitrogens with zero attached hydrogens (tertiary/aromatic N) is 2. The number of benzene rings is 1. The highest BCUT2D eigenvalue weighted by Crippen LogP contribution is 2.33. The molecule has 0 bridgehead atoms. The molecular formula is C21H28N4O3. The highest BCUT2D eigenvalue weighted by molar-refractivity contribution is 5.94. The van der Waals surface area contributed by atoms with Crippen molar-refractivity contribution in [2.75, 3.05) is 13.7 Å². The molecule has 1 amide bonds. The Morgan fingerprint density at radius 3 is 2.54 bits per heavy atom. The van der Waals surface area contributed by atoms with Crippen molar-refractivity contribution < 1.29 is 14.3 Å². The van der Waals surface area contributed by atoms with Gasteiger partial charge in [-0.2, -0.15) is 0 Å². The van der Waals surface area contributed by atoms with Gasteiger partial charge >= 0.3 is 5.97 Å². The molecule has 0 spiro atoms. The van der Waals surface area contributed by atoms with Gasteiger partial charge in [0.25, 0.3) is 5.91 Å². The summed E-state index contributed by atoms with van der Waals surface area (Å²) in [6.07, 6.45) is 6.53. The van der Waals surface area contributed by atoms with Crippen LogP contribution in [0.4, 0.5) is 0 Å². The van der Waals surface area contributed by atoms with Crippen LogP contribution in [0.15, 0.2) is 30.5 Å². The molecule has 0 saturated heterocycles. The number of nitrogens with two attached hydrogens (primary N) is 1. The lowest BCUT2D eigenvalue weighted by atomic mass is 9.85. The van der Waals surface area contributed by atoms with Crippen molar-refractivity contribution in [3.63, 3.8) is 0 Å². The molecule has 0 aliphatic heterocycles. The number of rotatable bonds is 6. The van der Waals surface area contributed by atoms with Crippen LogP contribution in [0.2, 0.25) is 0 Å². The summed E-state index contributed by atoms with van der Waals surface area (Å²) in [5.74, 6) is 0.804. The molecule has 7 heteroatoms. The second-order valence-corrected chi connectivity index (χ2v) is 7.37. The van der Waals surface area contributed by atoms with Crippen LogP contribution >= 0.6 is 0 Å². The first kappa shape index (κ1) is 20.1. The zero-order valence-corrected chi connectivity index (χ0v) is 16.5. The molecule has 0 radical (unpaired) electrons. The maximum absolute atomic E-state index is 12.2. The van der Waals surface area contributed by atoms with Crippen molar-refractivity contribution in [3.05, 3.63) is 41.7 Å². The molecule has 1 aromatic heterocycles. The summed E-state index contributed by atoms with van der Waals surface area (Å²) < 4.78 is 6.60. The van der Waals surface area contributed by atoms with Crippen LogP contribution in [0.5, 0.6) is 0 Å². The predicted molar refractivity (Wildman–Crippen MR) is 107 cm³/mol. The molecule has 1 aromatic carbocycles. The maximum Gasteiger partial charge on any atom is 0.307 e. The van der Waals surface area contributed by atoms with Gasteiger partial charge in [0.05, 0.1) is 19.2 Å². The number of imidazole rings is 1. The Kier molecular flexibility index (Phi) is 6.46. The summed E-state index contributed by atoms with van der Waals surface area (Å²) in [4.78, 5) is 28.1. The Bertz CT molecular complexity index is 821. The number of amides is 1. The van der Waals surface area contributed by atoms with Crippen LogP contribution in [0.3, 0.4) is 0 Å². The lowest BCUT2D eigenvalue weighted by Gasteiger charge is -2.24.